The van der Waals surface area contributed by atoms with Gasteiger partial charge in [-0.1, -0.05) is 23.2 Å². The number of thiophene rings is 1. The van der Waals surface area contributed by atoms with Gasteiger partial charge in [0.1, 0.15) is 10.2 Å². The zero-order chi connectivity index (χ0) is 10.1. The van der Waals surface area contributed by atoms with Crippen LogP contribution >= 0.6 is 34.5 Å². The van der Waals surface area contributed by atoms with Crippen LogP contribution in [0.25, 0.3) is 11.4 Å². The van der Waals surface area contributed by atoms with Crippen LogP contribution in [-0.2, 0) is 6.61 Å². The molecule has 2 aromatic rings. The average Bonchev–Trinajstić information content (AvgIpc) is 2.71. The highest BCUT2D eigenvalue weighted by atomic mass is 35.5. The minimum atomic E-state index is -0.0670. The number of nitrogens with zero attached hydrogens (tertiary/aromatic N) is 1. The first-order chi connectivity index (χ1) is 6.70. The summed E-state index contributed by atoms with van der Waals surface area (Å²) in [6, 6.07) is 1.74. The Morgan fingerprint density at radius 1 is 1.50 bits per heavy atom. The molecular formula is C8H6Cl2N2OS. The molecule has 2 aromatic heterocycles. The van der Waals surface area contributed by atoms with Crippen molar-refractivity contribution < 1.29 is 5.11 Å². The van der Waals surface area contributed by atoms with Gasteiger partial charge in [0, 0.05) is 5.56 Å². The van der Waals surface area contributed by atoms with Crippen molar-refractivity contribution in [3.8, 4) is 11.4 Å². The van der Waals surface area contributed by atoms with Crippen LogP contribution in [0.15, 0.2) is 12.3 Å². The predicted molar refractivity (Wildman–Crippen MR) is 57.8 cm³/mol. The molecule has 2 rings (SSSR count). The Morgan fingerprint density at radius 3 is 2.79 bits per heavy atom. The second kappa shape index (κ2) is 3.90. The van der Waals surface area contributed by atoms with Crippen molar-refractivity contribution in [3.63, 3.8) is 0 Å². The molecule has 0 aliphatic heterocycles. The maximum Gasteiger partial charge on any atom is 0.139 e. The number of aromatic nitrogens is 2. The number of aromatic amines is 1. The molecule has 0 radical (unpaired) electrons. The summed E-state index contributed by atoms with van der Waals surface area (Å²) < 4.78 is 1.21. The first kappa shape index (κ1) is 9.98. The molecule has 0 atom stereocenters. The molecule has 2 heterocycles. The van der Waals surface area contributed by atoms with E-state index in [1.54, 1.807) is 12.3 Å². The molecule has 0 bridgehead atoms. The van der Waals surface area contributed by atoms with Crippen molar-refractivity contribution in [2.75, 3.05) is 0 Å². The van der Waals surface area contributed by atoms with Gasteiger partial charge in [0.2, 0.25) is 0 Å². The van der Waals surface area contributed by atoms with E-state index in [0.29, 0.717) is 20.2 Å². The number of aliphatic hydroxyl groups is 1. The van der Waals surface area contributed by atoms with Crippen LogP contribution in [0.5, 0.6) is 0 Å². The smallest absolute Gasteiger partial charge is 0.139 e. The molecule has 0 saturated carbocycles. The summed E-state index contributed by atoms with van der Waals surface area (Å²) in [5.74, 6) is 0.627. The van der Waals surface area contributed by atoms with E-state index in [1.165, 1.54) is 11.3 Å². The summed E-state index contributed by atoms with van der Waals surface area (Å²) in [5.41, 5.74) is 1.42. The van der Waals surface area contributed by atoms with Crippen LogP contribution in [0.4, 0.5) is 0 Å². The fourth-order valence-electron chi connectivity index (χ4n) is 1.08. The lowest BCUT2D eigenvalue weighted by atomic mass is 10.3. The molecule has 0 spiro atoms. The Labute approximate surface area is 94.3 Å². The van der Waals surface area contributed by atoms with Crippen molar-refractivity contribution in [3.05, 3.63) is 26.6 Å². The van der Waals surface area contributed by atoms with Crippen molar-refractivity contribution in [2.24, 2.45) is 0 Å². The lowest BCUT2D eigenvalue weighted by Gasteiger charge is -1.91. The number of nitrogens with one attached hydrogen (secondary N) is 1. The molecule has 0 aromatic carbocycles. The van der Waals surface area contributed by atoms with Gasteiger partial charge in [0.15, 0.2) is 0 Å². The summed E-state index contributed by atoms with van der Waals surface area (Å²) in [4.78, 5) is 7.02. The summed E-state index contributed by atoms with van der Waals surface area (Å²) in [6.45, 7) is -0.0670. The van der Waals surface area contributed by atoms with E-state index in [-0.39, 0.29) is 6.61 Å². The molecule has 0 unspecified atom stereocenters. The standard InChI is InChI=1S/C8H6Cl2N2OS/c9-6-1-5(7(10)14-6)8-11-2-4(3-13)12-8/h1-2,13H,3H2,(H,11,12). The Morgan fingerprint density at radius 2 is 2.29 bits per heavy atom. The number of aliphatic hydroxyl groups excluding tert-OH is 1. The van der Waals surface area contributed by atoms with Crippen molar-refractivity contribution in [2.45, 2.75) is 6.61 Å². The van der Waals surface area contributed by atoms with Gasteiger partial charge in [-0.05, 0) is 6.07 Å². The third-order valence-electron chi connectivity index (χ3n) is 1.71. The molecule has 14 heavy (non-hydrogen) atoms. The highest BCUT2D eigenvalue weighted by Gasteiger charge is 2.11. The monoisotopic (exact) mass is 248 g/mol. The summed E-state index contributed by atoms with van der Waals surface area (Å²) in [5, 5.41) is 8.84. The summed E-state index contributed by atoms with van der Waals surface area (Å²) >= 11 is 13.0. The summed E-state index contributed by atoms with van der Waals surface area (Å²) in [7, 11) is 0. The van der Waals surface area contributed by atoms with E-state index in [0.717, 1.165) is 5.56 Å². The van der Waals surface area contributed by atoms with Crippen LogP contribution < -0.4 is 0 Å². The molecular weight excluding hydrogens is 243 g/mol. The molecule has 74 valence electrons. The van der Waals surface area contributed by atoms with Crippen molar-refractivity contribution in [1.82, 2.24) is 9.97 Å². The molecule has 6 heteroatoms. The predicted octanol–water partition coefficient (Wildman–Crippen LogP) is 2.94. The number of imidazole rings is 1. The van der Waals surface area contributed by atoms with Crippen LogP contribution in [0.3, 0.4) is 0 Å². The quantitative estimate of drug-likeness (QED) is 0.859. The van der Waals surface area contributed by atoms with Gasteiger partial charge in [-0.2, -0.15) is 0 Å². The van der Waals surface area contributed by atoms with Crippen LogP contribution in [0.1, 0.15) is 5.69 Å². The van der Waals surface area contributed by atoms with Gasteiger partial charge in [-0.15, -0.1) is 11.3 Å². The van der Waals surface area contributed by atoms with Crippen LogP contribution in [-0.4, -0.2) is 15.1 Å². The van der Waals surface area contributed by atoms with Crippen molar-refractivity contribution >= 4 is 34.5 Å². The van der Waals surface area contributed by atoms with Crippen molar-refractivity contribution in [1.29, 1.82) is 0 Å². The third-order valence-corrected chi connectivity index (χ3v) is 3.20. The van der Waals surface area contributed by atoms with Crippen LogP contribution in [0.2, 0.25) is 8.67 Å². The highest BCUT2D eigenvalue weighted by molar-refractivity contribution is 7.20. The number of halogens is 2. The molecule has 0 aliphatic rings. The van der Waals surface area contributed by atoms with E-state index >= 15 is 0 Å². The van der Waals surface area contributed by atoms with Gasteiger partial charge >= 0.3 is 0 Å². The maximum absolute atomic E-state index is 8.84. The van der Waals surface area contributed by atoms with E-state index < -0.39 is 0 Å². The molecule has 2 N–H and O–H groups in total. The average molecular weight is 249 g/mol. The Kier molecular flexibility index (Phi) is 2.78. The van der Waals surface area contributed by atoms with Gasteiger partial charge in [-0.25, -0.2) is 4.98 Å². The zero-order valence-electron chi connectivity index (χ0n) is 6.92. The minimum absolute atomic E-state index is 0.0670. The molecule has 0 amide bonds. The Hall–Kier alpha value is -0.550. The number of H-pyrrole nitrogens is 1. The van der Waals surface area contributed by atoms with Gasteiger partial charge < -0.3 is 10.1 Å². The fourth-order valence-corrected chi connectivity index (χ4v) is 2.54. The third kappa shape index (κ3) is 1.79. The van der Waals surface area contributed by atoms with Gasteiger partial charge in [-0.3, -0.25) is 0 Å². The van der Waals surface area contributed by atoms with E-state index in [2.05, 4.69) is 9.97 Å². The number of hydrogen-bond donors (Lipinski definition) is 2. The van der Waals surface area contributed by atoms with Crippen LogP contribution in [0, 0.1) is 0 Å². The SMILES string of the molecule is OCc1cnc(-c2cc(Cl)sc2Cl)[nH]1. The number of rotatable bonds is 2. The van der Waals surface area contributed by atoms with E-state index in [1.807, 2.05) is 0 Å². The first-order valence-corrected chi connectivity index (χ1v) is 5.38. The van der Waals surface area contributed by atoms with E-state index in [4.69, 9.17) is 28.3 Å². The largest absolute Gasteiger partial charge is 0.390 e. The lowest BCUT2D eigenvalue weighted by molar-refractivity contribution is 0.277. The Bertz CT molecular complexity index is 452. The number of hydrogen-bond acceptors (Lipinski definition) is 3. The maximum atomic E-state index is 8.84. The second-order valence-electron chi connectivity index (χ2n) is 2.65. The zero-order valence-corrected chi connectivity index (χ0v) is 9.25. The molecule has 0 fully saturated rings. The molecule has 3 nitrogen and oxygen atoms in total. The lowest BCUT2D eigenvalue weighted by Crippen LogP contribution is -1.82. The van der Waals surface area contributed by atoms with Gasteiger partial charge in [0.25, 0.3) is 0 Å². The summed E-state index contributed by atoms with van der Waals surface area (Å²) in [6.07, 6.45) is 1.57. The highest BCUT2D eigenvalue weighted by Crippen LogP contribution is 2.36. The molecule has 0 aliphatic carbocycles. The van der Waals surface area contributed by atoms with Gasteiger partial charge in [0.05, 0.1) is 22.8 Å². The minimum Gasteiger partial charge on any atom is -0.390 e. The van der Waals surface area contributed by atoms with E-state index in [9.17, 15) is 0 Å². The topological polar surface area (TPSA) is 48.9 Å². The second-order valence-corrected chi connectivity index (χ2v) is 4.94. The molecule has 0 saturated heterocycles. The Balaban J connectivity index is 2.43. The fraction of sp³-hybridized carbons (Fsp3) is 0.125. The first-order valence-electron chi connectivity index (χ1n) is 3.80. The normalized spacial score (nSPS) is 10.8.